The van der Waals surface area contributed by atoms with E-state index >= 15 is 0 Å². The third-order valence-electron chi connectivity index (χ3n) is 2.70. The highest BCUT2D eigenvalue weighted by Crippen LogP contribution is 2.41. The number of aromatic amines is 1. The minimum atomic E-state index is -0.749. The van der Waals surface area contributed by atoms with Gasteiger partial charge in [-0.25, -0.2) is 0 Å². The summed E-state index contributed by atoms with van der Waals surface area (Å²) in [5.74, 6) is -0.459. The molecule has 4 heteroatoms. The van der Waals surface area contributed by atoms with E-state index in [2.05, 4.69) is 10.2 Å². The van der Waals surface area contributed by atoms with E-state index < -0.39 is 5.97 Å². The lowest BCUT2D eigenvalue weighted by molar-refractivity contribution is -0.141. The lowest BCUT2D eigenvalue weighted by atomic mass is 10.0. The van der Waals surface area contributed by atoms with Crippen molar-refractivity contribution in [3.63, 3.8) is 0 Å². The first kappa shape index (κ1) is 9.24. The number of carboxylic acids is 1. The second-order valence-corrected chi connectivity index (χ2v) is 4.02. The summed E-state index contributed by atoms with van der Waals surface area (Å²) in [5, 5.41) is 15.7. The Balaban J connectivity index is 2.08. The molecule has 1 aliphatic rings. The molecular weight excluding hydrogens is 180 g/mol. The second-order valence-electron chi connectivity index (χ2n) is 4.02. The quantitative estimate of drug-likeness (QED) is 0.764. The van der Waals surface area contributed by atoms with Crippen molar-refractivity contribution in [2.75, 3.05) is 0 Å². The Morgan fingerprint density at radius 3 is 3.07 bits per heavy atom. The van der Waals surface area contributed by atoms with Crippen molar-refractivity contribution < 1.29 is 9.90 Å². The number of nitrogens with one attached hydrogen (secondary N) is 1. The number of carbonyl (C=O) groups is 1. The highest BCUT2D eigenvalue weighted by atomic mass is 16.4. The van der Waals surface area contributed by atoms with Crippen LogP contribution in [0.5, 0.6) is 0 Å². The van der Waals surface area contributed by atoms with Gasteiger partial charge in [-0.05, 0) is 24.3 Å². The van der Waals surface area contributed by atoms with Crippen molar-refractivity contribution in [2.24, 2.45) is 5.92 Å². The van der Waals surface area contributed by atoms with E-state index in [1.807, 2.05) is 6.20 Å². The van der Waals surface area contributed by atoms with E-state index in [-0.39, 0.29) is 5.92 Å². The number of carboxylic acid groups (broad SMARTS) is 1. The van der Waals surface area contributed by atoms with Crippen LogP contribution in [0.1, 0.15) is 36.9 Å². The Kier molecular flexibility index (Phi) is 2.27. The third-order valence-corrected chi connectivity index (χ3v) is 2.70. The maximum atomic E-state index is 10.7. The van der Waals surface area contributed by atoms with Crippen LogP contribution in [0.15, 0.2) is 6.20 Å². The van der Waals surface area contributed by atoms with Crippen LogP contribution in [0.3, 0.4) is 0 Å². The molecule has 1 heterocycles. The summed E-state index contributed by atoms with van der Waals surface area (Å²) >= 11 is 0. The molecule has 1 unspecified atom stereocenters. The molecule has 0 amide bonds. The Labute approximate surface area is 82.3 Å². The molecule has 1 aliphatic carbocycles. The van der Waals surface area contributed by atoms with Gasteiger partial charge in [0.2, 0.25) is 0 Å². The normalized spacial score (nSPS) is 18.1. The summed E-state index contributed by atoms with van der Waals surface area (Å²) in [6.45, 7) is 1.72. The van der Waals surface area contributed by atoms with Gasteiger partial charge < -0.3 is 5.11 Å². The van der Waals surface area contributed by atoms with Crippen molar-refractivity contribution in [3.05, 3.63) is 17.5 Å². The van der Waals surface area contributed by atoms with Crippen LogP contribution >= 0.6 is 0 Å². The monoisotopic (exact) mass is 194 g/mol. The Bertz CT molecular complexity index is 342. The van der Waals surface area contributed by atoms with Crippen LogP contribution in [0.25, 0.3) is 0 Å². The maximum absolute atomic E-state index is 10.7. The van der Waals surface area contributed by atoms with Crippen LogP contribution in [-0.4, -0.2) is 21.3 Å². The molecule has 0 aromatic carbocycles. The number of nitrogens with zero attached hydrogens (tertiary/aromatic N) is 1. The molecule has 1 aromatic heterocycles. The van der Waals surface area contributed by atoms with E-state index in [1.165, 1.54) is 18.4 Å². The van der Waals surface area contributed by atoms with Crippen molar-refractivity contribution >= 4 is 5.97 Å². The minimum absolute atomic E-state index is 0.340. The van der Waals surface area contributed by atoms with Gasteiger partial charge in [-0.15, -0.1) is 0 Å². The van der Waals surface area contributed by atoms with Gasteiger partial charge in [0.25, 0.3) is 0 Å². The number of hydrogen-bond acceptors (Lipinski definition) is 2. The smallest absolute Gasteiger partial charge is 0.306 e. The summed E-state index contributed by atoms with van der Waals surface area (Å²) in [7, 11) is 0. The number of aromatic nitrogens is 2. The predicted octanol–water partition coefficient (Wildman–Crippen LogP) is 1.55. The van der Waals surface area contributed by atoms with Gasteiger partial charge in [-0.3, -0.25) is 9.89 Å². The van der Waals surface area contributed by atoms with Crippen LogP contribution < -0.4 is 0 Å². The SMILES string of the molecule is CC(Cc1[nH]ncc1C1CC1)C(=O)O. The third kappa shape index (κ3) is 1.78. The number of aliphatic carboxylic acids is 1. The topological polar surface area (TPSA) is 66.0 Å². The van der Waals surface area contributed by atoms with Gasteiger partial charge in [0.1, 0.15) is 0 Å². The van der Waals surface area contributed by atoms with Gasteiger partial charge in [0, 0.05) is 12.1 Å². The van der Waals surface area contributed by atoms with Crippen LogP contribution in [-0.2, 0) is 11.2 Å². The fraction of sp³-hybridized carbons (Fsp3) is 0.600. The lowest BCUT2D eigenvalue weighted by Gasteiger charge is -2.05. The zero-order valence-corrected chi connectivity index (χ0v) is 8.16. The van der Waals surface area contributed by atoms with Crippen molar-refractivity contribution in [1.29, 1.82) is 0 Å². The predicted molar refractivity (Wildman–Crippen MR) is 51.1 cm³/mol. The first-order valence-electron chi connectivity index (χ1n) is 4.93. The molecule has 1 aromatic rings. The molecule has 1 atom stereocenters. The highest BCUT2D eigenvalue weighted by molar-refractivity contribution is 5.69. The summed E-state index contributed by atoms with van der Waals surface area (Å²) < 4.78 is 0. The minimum Gasteiger partial charge on any atom is -0.481 e. The molecular formula is C10H14N2O2. The van der Waals surface area contributed by atoms with Crippen molar-refractivity contribution in [3.8, 4) is 0 Å². The molecule has 0 saturated heterocycles. The van der Waals surface area contributed by atoms with E-state index in [1.54, 1.807) is 6.92 Å². The average molecular weight is 194 g/mol. The summed E-state index contributed by atoms with van der Waals surface area (Å²) in [5.41, 5.74) is 2.22. The van der Waals surface area contributed by atoms with Gasteiger partial charge in [0.15, 0.2) is 0 Å². The number of H-pyrrole nitrogens is 1. The average Bonchev–Trinajstić information content (AvgIpc) is 2.88. The van der Waals surface area contributed by atoms with Crippen molar-refractivity contribution in [2.45, 2.75) is 32.1 Å². The standard InChI is InChI=1S/C10H14N2O2/c1-6(10(13)14)4-9-8(5-11-12-9)7-2-3-7/h5-7H,2-4H2,1H3,(H,11,12)(H,13,14). The molecule has 0 spiro atoms. The molecule has 14 heavy (non-hydrogen) atoms. The molecule has 1 fully saturated rings. The van der Waals surface area contributed by atoms with Crippen LogP contribution in [0.4, 0.5) is 0 Å². The number of hydrogen-bond donors (Lipinski definition) is 2. The van der Waals surface area contributed by atoms with Crippen LogP contribution in [0, 0.1) is 5.92 Å². The van der Waals surface area contributed by atoms with Gasteiger partial charge in [-0.2, -0.15) is 5.10 Å². The van der Waals surface area contributed by atoms with Gasteiger partial charge in [0.05, 0.1) is 12.1 Å². The largest absolute Gasteiger partial charge is 0.481 e. The fourth-order valence-corrected chi connectivity index (χ4v) is 1.63. The van der Waals surface area contributed by atoms with E-state index in [0.717, 1.165) is 5.69 Å². The van der Waals surface area contributed by atoms with Crippen LogP contribution in [0.2, 0.25) is 0 Å². The zero-order valence-electron chi connectivity index (χ0n) is 8.16. The molecule has 2 N–H and O–H groups in total. The summed E-state index contributed by atoms with van der Waals surface area (Å²) in [6, 6.07) is 0. The Morgan fingerprint density at radius 2 is 2.50 bits per heavy atom. The zero-order chi connectivity index (χ0) is 10.1. The van der Waals surface area contributed by atoms with Gasteiger partial charge in [-0.1, -0.05) is 6.92 Å². The van der Waals surface area contributed by atoms with Gasteiger partial charge >= 0.3 is 5.97 Å². The fourth-order valence-electron chi connectivity index (χ4n) is 1.63. The molecule has 76 valence electrons. The van der Waals surface area contributed by atoms with E-state index in [4.69, 9.17) is 5.11 Å². The second kappa shape index (κ2) is 3.44. The molecule has 0 aliphatic heterocycles. The molecule has 0 bridgehead atoms. The first-order chi connectivity index (χ1) is 6.68. The Morgan fingerprint density at radius 1 is 1.79 bits per heavy atom. The van der Waals surface area contributed by atoms with E-state index in [0.29, 0.717) is 12.3 Å². The highest BCUT2D eigenvalue weighted by Gasteiger charge is 2.28. The van der Waals surface area contributed by atoms with E-state index in [9.17, 15) is 4.79 Å². The maximum Gasteiger partial charge on any atom is 0.306 e. The molecule has 2 rings (SSSR count). The molecule has 0 radical (unpaired) electrons. The molecule has 1 saturated carbocycles. The first-order valence-corrected chi connectivity index (χ1v) is 4.93. The van der Waals surface area contributed by atoms with Crippen molar-refractivity contribution in [1.82, 2.24) is 10.2 Å². The Hall–Kier alpha value is -1.32. The summed E-state index contributed by atoms with van der Waals surface area (Å²) in [4.78, 5) is 10.7. The lowest BCUT2D eigenvalue weighted by Crippen LogP contribution is -2.13. The summed E-state index contributed by atoms with van der Waals surface area (Å²) in [6.07, 6.45) is 4.82. The number of rotatable bonds is 4. The molecule has 4 nitrogen and oxygen atoms in total.